The van der Waals surface area contributed by atoms with Gasteiger partial charge in [0, 0.05) is 19.2 Å². The number of rotatable bonds is 7. The molecule has 1 atom stereocenters. The van der Waals surface area contributed by atoms with Crippen LogP contribution in [0.2, 0.25) is 0 Å². The minimum atomic E-state index is -0.735. The summed E-state index contributed by atoms with van der Waals surface area (Å²) in [5.74, 6) is 0.603. The van der Waals surface area contributed by atoms with Crippen molar-refractivity contribution in [1.29, 1.82) is 0 Å². The van der Waals surface area contributed by atoms with Gasteiger partial charge in [-0.25, -0.2) is 0 Å². The van der Waals surface area contributed by atoms with E-state index in [2.05, 4.69) is 36.1 Å². The van der Waals surface area contributed by atoms with Crippen LogP contribution < -0.4 is 5.32 Å². The van der Waals surface area contributed by atoms with Gasteiger partial charge in [0.25, 0.3) is 0 Å². The van der Waals surface area contributed by atoms with E-state index in [-0.39, 0.29) is 0 Å². The Bertz CT molecular complexity index is 419. The third-order valence-corrected chi connectivity index (χ3v) is 4.23. The van der Waals surface area contributed by atoms with Crippen LogP contribution in [0, 0.1) is 5.92 Å². The second kappa shape index (κ2) is 7.41. The van der Waals surface area contributed by atoms with Gasteiger partial charge in [0.05, 0.1) is 17.3 Å². The third kappa shape index (κ3) is 5.44. The van der Waals surface area contributed by atoms with Crippen molar-refractivity contribution in [3.8, 4) is 0 Å². The first-order chi connectivity index (χ1) is 9.96. The summed E-state index contributed by atoms with van der Waals surface area (Å²) in [6.45, 7) is 7.79. The molecule has 2 N–H and O–H groups in total. The van der Waals surface area contributed by atoms with Crippen LogP contribution >= 0.6 is 0 Å². The molecule has 1 aliphatic carbocycles. The first kappa shape index (κ1) is 16.5. The molecule has 1 unspecified atom stereocenters. The van der Waals surface area contributed by atoms with E-state index in [4.69, 9.17) is 5.10 Å². The summed E-state index contributed by atoms with van der Waals surface area (Å²) >= 11 is 0. The minimum Gasteiger partial charge on any atom is -0.388 e. The van der Waals surface area contributed by atoms with Gasteiger partial charge >= 0.3 is 0 Å². The van der Waals surface area contributed by atoms with Crippen LogP contribution in [0.3, 0.4) is 0 Å². The Morgan fingerprint density at radius 1 is 1.38 bits per heavy atom. The summed E-state index contributed by atoms with van der Waals surface area (Å²) in [5, 5.41) is 18.5. The van der Waals surface area contributed by atoms with Crippen LogP contribution in [0.15, 0.2) is 12.3 Å². The van der Waals surface area contributed by atoms with Crippen LogP contribution in [0.4, 0.5) is 0 Å². The fraction of sp³-hybridized carbons (Fsp3) is 0.824. The summed E-state index contributed by atoms with van der Waals surface area (Å²) in [5.41, 5.74) is 0.262. The second-order valence-electron chi connectivity index (χ2n) is 7.28. The molecule has 4 heteroatoms. The lowest BCUT2D eigenvalue weighted by atomic mass is 9.96. The maximum Gasteiger partial charge on any atom is 0.0799 e. The topological polar surface area (TPSA) is 50.1 Å². The number of aliphatic hydroxyl groups is 1. The summed E-state index contributed by atoms with van der Waals surface area (Å²) in [6, 6.07) is 2.63. The van der Waals surface area contributed by atoms with Crippen LogP contribution in [-0.2, 0) is 6.42 Å². The first-order valence-electron chi connectivity index (χ1n) is 8.43. The summed E-state index contributed by atoms with van der Waals surface area (Å²) < 4.78 is 2.12. The first-order valence-corrected chi connectivity index (χ1v) is 8.43. The van der Waals surface area contributed by atoms with Gasteiger partial charge in [-0.15, -0.1) is 0 Å². The molecule has 0 spiro atoms. The quantitative estimate of drug-likeness (QED) is 0.812. The van der Waals surface area contributed by atoms with E-state index in [0.717, 1.165) is 12.2 Å². The lowest BCUT2D eigenvalue weighted by Crippen LogP contribution is -2.41. The Balaban J connectivity index is 1.85. The second-order valence-corrected chi connectivity index (χ2v) is 7.28. The smallest absolute Gasteiger partial charge is 0.0799 e. The highest BCUT2D eigenvalue weighted by molar-refractivity contribution is 5.04. The normalized spacial score (nSPS) is 19.9. The molecule has 4 nitrogen and oxygen atoms in total. The minimum absolute atomic E-state index is 0.566. The van der Waals surface area contributed by atoms with Crippen LogP contribution in [0.5, 0.6) is 0 Å². The van der Waals surface area contributed by atoms with Gasteiger partial charge < -0.3 is 10.4 Å². The van der Waals surface area contributed by atoms with E-state index < -0.39 is 5.60 Å². The van der Waals surface area contributed by atoms with Crippen molar-refractivity contribution < 1.29 is 5.11 Å². The van der Waals surface area contributed by atoms with E-state index >= 15 is 0 Å². The zero-order valence-electron chi connectivity index (χ0n) is 13.8. The monoisotopic (exact) mass is 293 g/mol. The van der Waals surface area contributed by atoms with Crippen molar-refractivity contribution in [1.82, 2.24) is 15.1 Å². The molecule has 21 heavy (non-hydrogen) atoms. The largest absolute Gasteiger partial charge is 0.388 e. The zero-order valence-corrected chi connectivity index (χ0v) is 13.8. The number of nitrogens with zero attached hydrogens (tertiary/aromatic N) is 2. The number of hydrogen-bond donors (Lipinski definition) is 2. The van der Waals surface area contributed by atoms with Crippen molar-refractivity contribution in [2.45, 2.75) is 70.9 Å². The van der Waals surface area contributed by atoms with E-state index in [1.54, 1.807) is 0 Å². The molecule has 1 aliphatic rings. The average Bonchev–Trinajstić information content (AvgIpc) is 2.86. The lowest BCUT2D eigenvalue weighted by Gasteiger charge is -2.24. The fourth-order valence-corrected chi connectivity index (χ4v) is 3.10. The fourth-order valence-electron chi connectivity index (χ4n) is 3.10. The van der Waals surface area contributed by atoms with E-state index in [1.165, 1.54) is 32.1 Å². The molecule has 0 saturated heterocycles. The maximum absolute atomic E-state index is 10.5. The molecule has 120 valence electrons. The van der Waals surface area contributed by atoms with Crippen molar-refractivity contribution in [3.05, 3.63) is 18.0 Å². The standard InChI is InChI=1S/C17H31N3O/c1-14(2)12-18-13-17(3,21)11-15-9-10-20(19-15)16-7-5-4-6-8-16/h9-10,14,16,18,21H,4-8,11-13H2,1-3H3. The molecular formula is C17H31N3O. The Labute approximate surface area is 128 Å². The molecule has 0 amide bonds. The summed E-state index contributed by atoms with van der Waals surface area (Å²) in [7, 11) is 0. The van der Waals surface area contributed by atoms with Crippen LogP contribution in [-0.4, -0.2) is 33.6 Å². The highest BCUT2D eigenvalue weighted by Crippen LogP contribution is 2.27. The van der Waals surface area contributed by atoms with Gasteiger partial charge in [-0.05, 0) is 38.3 Å². The van der Waals surface area contributed by atoms with Gasteiger partial charge in [-0.2, -0.15) is 5.10 Å². The van der Waals surface area contributed by atoms with Crippen molar-refractivity contribution in [2.24, 2.45) is 5.92 Å². The van der Waals surface area contributed by atoms with E-state index in [9.17, 15) is 5.11 Å². The molecule has 0 aromatic carbocycles. The molecule has 0 bridgehead atoms. The Morgan fingerprint density at radius 2 is 2.10 bits per heavy atom. The zero-order chi connectivity index (χ0) is 15.3. The third-order valence-electron chi connectivity index (χ3n) is 4.23. The molecule has 2 rings (SSSR count). The van der Waals surface area contributed by atoms with Crippen LogP contribution in [0.1, 0.15) is 64.6 Å². The van der Waals surface area contributed by atoms with Gasteiger partial charge in [0.1, 0.15) is 0 Å². The number of hydrogen-bond acceptors (Lipinski definition) is 3. The number of nitrogens with one attached hydrogen (secondary N) is 1. The maximum atomic E-state index is 10.5. The molecule has 1 fully saturated rings. The lowest BCUT2D eigenvalue weighted by molar-refractivity contribution is 0.0583. The molecular weight excluding hydrogens is 262 g/mol. The molecule has 0 radical (unpaired) electrons. The molecule has 1 aromatic heterocycles. The van der Waals surface area contributed by atoms with Crippen LogP contribution in [0.25, 0.3) is 0 Å². The molecule has 1 aromatic rings. The van der Waals surface area contributed by atoms with Crippen molar-refractivity contribution in [2.75, 3.05) is 13.1 Å². The van der Waals surface area contributed by atoms with Gasteiger partial charge in [-0.3, -0.25) is 4.68 Å². The average molecular weight is 293 g/mol. The highest BCUT2D eigenvalue weighted by atomic mass is 16.3. The Hall–Kier alpha value is -0.870. The predicted octanol–water partition coefficient (Wildman–Crippen LogP) is 2.93. The summed E-state index contributed by atoms with van der Waals surface area (Å²) in [6.07, 6.45) is 9.18. The predicted molar refractivity (Wildman–Crippen MR) is 86.4 cm³/mol. The highest BCUT2D eigenvalue weighted by Gasteiger charge is 2.23. The van der Waals surface area contributed by atoms with Gasteiger partial charge in [0.15, 0.2) is 0 Å². The molecule has 1 heterocycles. The Morgan fingerprint density at radius 3 is 2.76 bits per heavy atom. The molecule has 0 aliphatic heterocycles. The van der Waals surface area contributed by atoms with Gasteiger partial charge in [0.2, 0.25) is 0 Å². The Kier molecular flexibility index (Phi) is 5.82. The van der Waals surface area contributed by atoms with Crippen molar-refractivity contribution >= 4 is 0 Å². The van der Waals surface area contributed by atoms with Gasteiger partial charge in [-0.1, -0.05) is 33.1 Å². The summed E-state index contributed by atoms with van der Waals surface area (Å²) in [4.78, 5) is 0. The van der Waals surface area contributed by atoms with E-state index in [1.807, 2.05) is 6.92 Å². The van der Waals surface area contributed by atoms with Crippen molar-refractivity contribution in [3.63, 3.8) is 0 Å². The SMILES string of the molecule is CC(C)CNCC(C)(O)Cc1ccn(C2CCCCC2)n1. The molecule has 1 saturated carbocycles. The van der Waals surface area contributed by atoms with E-state index in [0.29, 0.717) is 24.9 Å². The number of aromatic nitrogens is 2.